The molecule has 1 aliphatic heterocycles. The molecule has 0 aromatic rings. The molecule has 1 aliphatic rings. The van der Waals surface area contributed by atoms with Crippen LogP contribution >= 0.6 is 34.2 Å². The quantitative estimate of drug-likeness (QED) is 0.0954. The molecule has 0 saturated carbocycles. The van der Waals surface area contributed by atoms with Gasteiger partial charge in [0.25, 0.3) is 0 Å². The Balaban J connectivity index is 3.17. The van der Waals surface area contributed by atoms with Crippen LogP contribution in [0.1, 0.15) is 6.42 Å². The molecule has 1 fully saturated rings. The summed E-state index contributed by atoms with van der Waals surface area (Å²) in [7, 11) is 1.38. The number of urea groups is 1. The SMILES string of the molecule is CNC(=O)N(/C=C(\C=O)C(N=[N+]=[N-])C(Cl)I)[C@H]1C[C@H](O)[C@@H](CO)O1. The Morgan fingerprint density at radius 2 is 2.38 bits per heavy atom. The van der Waals surface area contributed by atoms with Crippen molar-refractivity contribution in [2.75, 3.05) is 13.7 Å². The Kier molecular flexibility index (Phi) is 8.73. The average molecular weight is 474 g/mol. The van der Waals surface area contributed by atoms with Crippen LogP contribution in [0.2, 0.25) is 0 Å². The number of alkyl halides is 2. The van der Waals surface area contributed by atoms with Crippen molar-refractivity contribution in [2.45, 2.75) is 34.3 Å². The van der Waals surface area contributed by atoms with E-state index in [0.29, 0.717) is 6.29 Å². The van der Waals surface area contributed by atoms with Gasteiger partial charge in [0.2, 0.25) is 0 Å². The topological polar surface area (TPSA) is 148 Å². The van der Waals surface area contributed by atoms with Gasteiger partial charge in [0.05, 0.1) is 22.1 Å². The molecule has 0 spiro atoms. The van der Waals surface area contributed by atoms with Gasteiger partial charge in [-0.25, -0.2) is 4.79 Å². The molecule has 0 bridgehead atoms. The first-order valence-corrected chi connectivity index (χ1v) is 8.51. The van der Waals surface area contributed by atoms with Gasteiger partial charge in [-0.2, -0.15) is 0 Å². The molecular weight excluding hydrogens is 457 g/mol. The van der Waals surface area contributed by atoms with Crippen LogP contribution in [0, 0.1) is 0 Å². The van der Waals surface area contributed by atoms with Crippen LogP contribution in [0.4, 0.5) is 4.79 Å². The van der Waals surface area contributed by atoms with Gasteiger partial charge in [-0.05, 0) is 5.53 Å². The second-order valence-electron chi connectivity index (χ2n) is 4.81. The number of carbonyl (C=O) groups excluding carboxylic acids is 2. The highest BCUT2D eigenvalue weighted by Gasteiger charge is 2.38. The van der Waals surface area contributed by atoms with Crippen molar-refractivity contribution in [1.82, 2.24) is 10.2 Å². The minimum absolute atomic E-state index is 0.0312. The summed E-state index contributed by atoms with van der Waals surface area (Å²) in [6, 6.07) is -1.61. The normalized spacial score (nSPS) is 26.2. The zero-order valence-electron chi connectivity index (χ0n) is 12.6. The van der Waals surface area contributed by atoms with Crippen molar-refractivity contribution in [3.8, 4) is 0 Å². The Labute approximate surface area is 156 Å². The molecule has 10 nitrogen and oxygen atoms in total. The molecule has 1 saturated heterocycles. The van der Waals surface area contributed by atoms with E-state index in [0.717, 1.165) is 11.1 Å². The van der Waals surface area contributed by atoms with Gasteiger partial charge in [-0.3, -0.25) is 9.69 Å². The Morgan fingerprint density at radius 3 is 2.79 bits per heavy atom. The first-order valence-electron chi connectivity index (χ1n) is 6.83. The van der Waals surface area contributed by atoms with Crippen LogP contribution < -0.4 is 5.32 Å². The Hall–Kier alpha value is -1.11. The summed E-state index contributed by atoms with van der Waals surface area (Å²) in [4.78, 5) is 27.2. The van der Waals surface area contributed by atoms with Crippen LogP contribution in [0.5, 0.6) is 0 Å². The molecule has 1 heterocycles. The highest BCUT2D eigenvalue weighted by molar-refractivity contribution is 14.1. The van der Waals surface area contributed by atoms with Crippen molar-refractivity contribution in [2.24, 2.45) is 5.11 Å². The minimum Gasteiger partial charge on any atom is -0.394 e. The predicted molar refractivity (Wildman–Crippen MR) is 93.4 cm³/mol. The first-order chi connectivity index (χ1) is 11.4. The molecule has 24 heavy (non-hydrogen) atoms. The van der Waals surface area contributed by atoms with Gasteiger partial charge in [-0.15, -0.1) is 11.6 Å². The lowest BCUT2D eigenvalue weighted by atomic mass is 10.1. The molecule has 3 N–H and O–H groups in total. The minimum atomic E-state index is -0.998. The summed E-state index contributed by atoms with van der Waals surface area (Å²) in [5.41, 5.74) is 8.58. The van der Waals surface area contributed by atoms with E-state index in [-0.39, 0.29) is 12.0 Å². The monoisotopic (exact) mass is 473 g/mol. The van der Waals surface area contributed by atoms with Gasteiger partial charge in [-0.1, -0.05) is 27.7 Å². The van der Waals surface area contributed by atoms with E-state index < -0.39 is 40.5 Å². The molecule has 0 aromatic carbocycles. The van der Waals surface area contributed by atoms with E-state index in [1.54, 1.807) is 22.6 Å². The second kappa shape index (κ2) is 10.0. The molecule has 0 radical (unpaired) electrons. The predicted octanol–water partition coefficient (Wildman–Crippen LogP) is 0.858. The molecular formula is C12H17ClIN5O5. The van der Waals surface area contributed by atoms with Crippen LogP contribution in [0.15, 0.2) is 16.9 Å². The van der Waals surface area contributed by atoms with E-state index in [2.05, 4.69) is 15.3 Å². The van der Waals surface area contributed by atoms with Crippen LogP contribution in [-0.2, 0) is 9.53 Å². The molecule has 12 heteroatoms. The van der Waals surface area contributed by atoms with Gasteiger partial charge >= 0.3 is 6.03 Å². The number of ether oxygens (including phenoxy) is 1. The van der Waals surface area contributed by atoms with Gasteiger partial charge in [0.1, 0.15) is 18.6 Å². The number of rotatable bonds is 7. The molecule has 1 rings (SSSR count). The lowest BCUT2D eigenvalue weighted by molar-refractivity contribution is -0.105. The Morgan fingerprint density at radius 1 is 1.71 bits per heavy atom. The number of carbonyl (C=O) groups is 2. The maximum Gasteiger partial charge on any atom is 0.323 e. The fourth-order valence-corrected chi connectivity index (χ4v) is 2.86. The summed E-state index contributed by atoms with van der Waals surface area (Å²) < 4.78 is 4.70. The van der Waals surface area contributed by atoms with Gasteiger partial charge in [0.15, 0.2) is 0 Å². The summed E-state index contributed by atoms with van der Waals surface area (Å²) in [6.45, 7) is -0.414. The van der Waals surface area contributed by atoms with Crippen LogP contribution in [-0.4, -0.2) is 68.9 Å². The third kappa shape index (κ3) is 5.19. The smallest absolute Gasteiger partial charge is 0.323 e. The number of aliphatic hydroxyl groups excluding tert-OH is 2. The standard InChI is InChI=1S/C12H17ClIN5O5/c1-16-12(23)19(9-2-7(22)8(5-21)24-9)3-6(4-20)10(11(13)14)17-18-15/h3-4,7-11,21-22H,2,5H2,1H3,(H,16,23)/b6-3+/t7-,8+,9+,10?,11?/m0/s1. The molecule has 2 amide bonds. The molecule has 5 atom stereocenters. The summed E-state index contributed by atoms with van der Waals surface area (Å²) in [6.07, 6.45) is -1.06. The lowest BCUT2D eigenvalue weighted by Gasteiger charge is -2.26. The number of aliphatic hydroxyl groups is 2. The fraction of sp³-hybridized carbons (Fsp3) is 0.667. The van der Waals surface area contributed by atoms with E-state index in [1.165, 1.54) is 7.05 Å². The number of nitrogens with one attached hydrogen (secondary N) is 1. The number of amides is 2. The van der Waals surface area contributed by atoms with Crippen LogP contribution in [0.3, 0.4) is 0 Å². The maximum atomic E-state index is 12.1. The number of nitrogens with zero attached hydrogens (tertiary/aromatic N) is 4. The molecule has 0 aliphatic carbocycles. The zero-order chi connectivity index (χ0) is 18.3. The largest absolute Gasteiger partial charge is 0.394 e. The van der Waals surface area contributed by atoms with Gasteiger partial charge < -0.3 is 20.3 Å². The fourth-order valence-electron chi connectivity index (χ4n) is 2.11. The third-order valence-electron chi connectivity index (χ3n) is 3.32. The number of aldehydes is 1. The highest BCUT2D eigenvalue weighted by Crippen LogP contribution is 2.26. The summed E-state index contributed by atoms with van der Waals surface area (Å²) >= 11 is 7.70. The van der Waals surface area contributed by atoms with Crippen molar-refractivity contribution in [1.29, 1.82) is 0 Å². The second-order valence-corrected chi connectivity index (χ2v) is 7.36. The van der Waals surface area contributed by atoms with E-state index in [1.807, 2.05) is 0 Å². The first kappa shape index (κ1) is 20.9. The molecule has 2 unspecified atom stereocenters. The maximum absolute atomic E-state index is 12.1. The number of hydrogen-bond acceptors (Lipinski definition) is 6. The van der Waals surface area contributed by atoms with Gasteiger partial charge in [0, 0.05) is 30.2 Å². The zero-order valence-corrected chi connectivity index (χ0v) is 15.5. The number of halogens is 2. The van der Waals surface area contributed by atoms with E-state index in [9.17, 15) is 14.7 Å². The highest BCUT2D eigenvalue weighted by atomic mass is 127. The Bertz CT molecular complexity index is 542. The van der Waals surface area contributed by atoms with Crippen molar-refractivity contribution < 1.29 is 24.5 Å². The average Bonchev–Trinajstić information content (AvgIpc) is 2.94. The third-order valence-corrected chi connectivity index (χ3v) is 4.24. The molecule has 0 aromatic heterocycles. The van der Waals surface area contributed by atoms with E-state index >= 15 is 0 Å². The summed E-state index contributed by atoms with van der Waals surface area (Å²) in [5, 5.41) is 24.8. The number of hydrogen-bond donors (Lipinski definition) is 3. The van der Waals surface area contributed by atoms with E-state index in [4.69, 9.17) is 27.0 Å². The van der Waals surface area contributed by atoms with Crippen molar-refractivity contribution >= 4 is 46.5 Å². The number of azide groups is 1. The molecule has 134 valence electrons. The van der Waals surface area contributed by atoms with Crippen molar-refractivity contribution in [3.05, 3.63) is 22.2 Å². The van der Waals surface area contributed by atoms with Crippen molar-refractivity contribution in [3.63, 3.8) is 0 Å². The lowest BCUT2D eigenvalue weighted by Crippen LogP contribution is -2.42. The summed E-state index contributed by atoms with van der Waals surface area (Å²) in [5.74, 6) is 0. The van der Waals surface area contributed by atoms with Crippen LogP contribution in [0.25, 0.3) is 10.4 Å².